The smallest absolute Gasteiger partial charge is 0.337 e. The molecule has 2 aromatic rings. The van der Waals surface area contributed by atoms with E-state index in [0.29, 0.717) is 21.3 Å². The van der Waals surface area contributed by atoms with Crippen molar-refractivity contribution in [3.8, 4) is 0 Å². The van der Waals surface area contributed by atoms with Crippen molar-refractivity contribution >= 4 is 46.5 Å². The number of nitrogens with zero attached hydrogens (tertiary/aromatic N) is 1. The van der Waals surface area contributed by atoms with Crippen LogP contribution in [0.3, 0.4) is 0 Å². The molecule has 1 aliphatic rings. The Hall–Kier alpha value is -2.24. The number of halogens is 2. The fourth-order valence-corrected chi connectivity index (χ4v) is 3.35. The standard InChI is InChI=1S/C19H18Cl2N2O3/c1-26-19(25)12-4-7-17(23-8-2-3-9-23)16(10-12)22-18(24)14-11-13(20)5-6-15(14)21/h4-7,10-11H,2-3,8-9H2,1H3,(H,22,24). The van der Waals surface area contributed by atoms with Gasteiger partial charge in [-0.05, 0) is 49.2 Å². The third-order valence-electron chi connectivity index (χ3n) is 4.29. The minimum absolute atomic E-state index is 0.273. The monoisotopic (exact) mass is 392 g/mol. The van der Waals surface area contributed by atoms with Crippen molar-refractivity contribution in [1.82, 2.24) is 0 Å². The van der Waals surface area contributed by atoms with Crippen molar-refractivity contribution in [3.05, 3.63) is 57.6 Å². The van der Waals surface area contributed by atoms with E-state index in [1.54, 1.807) is 24.3 Å². The lowest BCUT2D eigenvalue weighted by atomic mass is 10.1. The molecule has 0 radical (unpaired) electrons. The number of methoxy groups -OCH3 is 1. The largest absolute Gasteiger partial charge is 0.465 e. The molecule has 3 rings (SSSR count). The van der Waals surface area contributed by atoms with E-state index < -0.39 is 5.97 Å². The maximum atomic E-state index is 12.7. The van der Waals surface area contributed by atoms with E-state index in [-0.39, 0.29) is 11.5 Å². The molecule has 1 fully saturated rings. The fourth-order valence-electron chi connectivity index (χ4n) is 2.98. The topological polar surface area (TPSA) is 58.6 Å². The van der Waals surface area contributed by atoms with Crippen LogP contribution in [0.25, 0.3) is 0 Å². The van der Waals surface area contributed by atoms with Gasteiger partial charge in [0.15, 0.2) is 0 Å². The predicted molar refractivity (Wildman–Crippen MR) is 104 cm³/mol. The van der Waals surface area contributed by atoms with Crippen LogP contribution in [0.4, 0.5) is 11.4 Å². The van der Waals surface area contributed by atoms with Gasteiger partial charge in [0.1, 0.15) is 0 Å². The molecule has 0 aliphatic carbocycles. The van der Waals surface area contributed by atoms with Crippen LogP contribution in [0.15, 0.2) is 36.4 Å². The van der Waals surface area contributed by atoms with E-state index in [0.717, 1.165) is 31.6 Å². The van der Waals surface area contributed by atoms with Gasteiger partial charge in [-0.2, -0.15) is 0 Å². The Balaban J connectivity index is 1.96. The van der Waals surface area contributed by atoms with Crippen molar-refractivity contribution in [2.45, 2.75) is 12.8 Å². The number of rotatable bonds is 4. The lowest BCUT2D eigenvalue weighted by molar-refractivity contribution is 0.0600. The van der Waals surface area contributed by atoms with Crippen molar-refractivity contribution in [2.75, 3.05) is 30.4 Å². The van der Waals surface area contributed by atoms with E-state index in [1.165, 1.54) is 13.2 Å². The van der Waals surface area contributed by atoms with Gasteiger partial charge >= 0.3 is 5.97 Å². The molecule has 5 nitrogen and oxygen atoms in total. The van der Waals surface area contributed by atoms with Gasteiger partial charge in [0.05, 0.1) is 34.6 Å². The zero-order valence-electron chi connectivity index (χ0n) is 14.2. The molecule has 0 saturated carbocycles. The van der Waals surface area contributed by atoms with Gasteiger partial charge in [-0.15, -0.1) is 0 Å². The van der Waals surface area contributed by atoms with Crippen LogP contribution in [0.1, 0.15) is 33.6 Å². The molecule has 1 N–H and O–H groups in total. The molecule has 1 saturated heterocycles. The Kier molecular flexibility index (Phi) is 5.69. The summed E-state index contributed by atoms with van der Waals surface area (Å²) in [5.74, 6) is -0.853. The van der Waals surface area contributed by atoms with E-state index in [1.807, 2.05) is 6.07 Å². The first-order valence-electron chi connectivity index (χ1n) is 8.23. The Morgan fingerprint density at radius 2 is 1.81 bits per heavy atom. The van der Waals surface area contributed by atoms with Crippen LogP contribution in [0.5, 0.6) is 0 Å². The lowest BCUT2D eigenvalue weighted by Crippen LogP contribution is -2.22. The maximum absolute atomic E-state index is 12.7. The second-order valence-electron chi connectivity index (χ2n) is 6.00. The van der Waals surface area contributed by atoms with Crippen LogP contribution in [0, 0.1) is 0 Å². The zero-order valence-corrected chi connectivity index (χ0v) is 15.7. The van der Waals surface area contributed by atoms with Gasteiger partial charge < -0.3 is 15.0 Å². The molecule has 7 heteroatoms. The number of amides is 1. The number of carbonyl (C=O) groups is 2. The van der Waals surface area contributed by atoms with E-state index in [4.69, 9.17) is 27.9 Å². The van der Waals surface area contributed by atoms with Gasteiger partial charge in [-0.1, -0.05) is 23.2 Å². The second-order valence-corrected chi connectivity index (χ2v) is 6.84. The summed E-state index contributed by atoms with van der Waals surface area (Å²) in [6.45, 7) is 1.80. The molecule has 0 unspecified atom stereocenters. The summed E-state index contributed by atoms with van der Waals surface area (Å²) in [5, 5.41) is 3.58. The first-order chi connectivity index (χ1) is 12.5. The summed E-state index contributed by atoms with van der Waals surface area (Å²) >= 11 is 12.1. The molecule has 1 amide bonds. The Bertz CT molecular complexity index is 849. The second kappa shape index (κ2) is 7.98. The molecule has 0 bridgehead atoms. The zero-order chi connectivity index (χ0) is 18.7. The van der Waals surface area contributed by atoms with Gasteiger partial charge in [0.2, 0.25) is 0 Å². The Morgan fingerprint density at radius 1 is 1.08 bits per heavy atom. The van der Waals surface area contributed by atoms with Crippen molar-refractivity contribution in [1.29, 1.82) is 0 Å². The molecule has 0 aromatic heterocycles. The first-order valence-corrected chi connectivity index (χ1v) is 8.99. The number of ether oxygens (including phenoxy) is 1. The maximum Gasteiger partial charge on any atom is 0.337 e. The summed E-state index contributed by atoms with van der Waals surface area (Å²) < 4.78 is 4.78. The fraction of sp³-hybridized carbons (Fsp3) is 0.263. The minimum Gasteiger partial charge on any atom is -0.465 e. The Morgan fingerprint density at radius 3 is 2.50 bits per heavy atom. The van der Waals surface area contributed by atoms with Crippen LogP contribution in [0.2, 0.25) is 10.0 Å². The number of hydrogen-bond acceptors (Lipinski definition) is 4. The summed E-state index contributed by atoms with van der Waals surface area (Å²) in [6.07, 6.45) is 2.18. The number of nitrogens with one attached hydrogen (secondary N) is 1. The highest BCUT2D eigenvalue weighted by Gasteiger charge is 2.20. The molecular weight excluding hydrogens is 375 g/mol. The Labute approximate surface area is 161 Å². The average molecular weight is 393 g/mol. The first kappa shape index (κ1) is 18.5. The molecule has 26 heavy (non-hydrogen) atoms. The third-order valence-corrected chi connectivity index (χ3v) is 4.85. The van der Waals surface area contributed by atoms with Crippen LogP contribution in [-0.2, 0) is 4.74 Å². The lowest BCUT2D eigenvalue weighted by Gasteiger charge is -2.22. The normalized spacial score (nSPS) is 13.6. The van der Waals surface area contributed by atoms with E-state index >= 15 is 0 Å². The SMILES string of the molecule is COC(=O)c1ccc(N2CCCC2)c(NC(=O)c2cc(Cl)ccc2Cl)c1. The number of hydrogen-bond donors (Lipinski definition) is 1. The quantitative estimate of drug-likeness (QED) is 0.770. The minimum atomic E-state index is -0.464. The molecule has 1 aliphatic heterocycles. The molecule has 0 spiro atoms. The molecule has 136 valence electrons. The van der Waals surface area contributed by atoms with Gasteiger partial charge in [0, 0.05) is 18.1 Å². The van der Waals surface area contributed by atoms with Gasteiger partial charge in [-0.3, -0.25) is 4.79 Å². The summed E-state index contributed by atoms with van der Waals surface area (Å²) in [6, 6.07) is 9.85. The number of benzene rings is 2. The predicted octanol–water partition coefficient (Wildman–Crippen LogP) is 4.63. The van der Waals surface area contributed by atoms with Gasteiger partial charge in [0.25, 0.3) is 5.91 Å². The van der Waals surface area contributed by atoms with E-state index in [2.05, 4.69) is 10.2 Å². The van der Waals surface area contributed by atoms with Crippen LogP contribution in [-0.4, -0.2) is 32.1 Å². The number of esters is 1. The van der Waals surface area contributed by atoms with Crippen molar-refractivity contribution < 1.29 is 14.3 Å². The van der Waals surface area contributed by atoms with Crippen molar-refractivity contribution in [3.63, 3.8) is 0 Å². The number of carbonyl (C=O) groups excluding carboxylic acids is 2. The van der Waals surface area contributed by atoms with Crippen LogP contribution >= 0.6 is 23.2 Å². The van der Waals surface area contributed by atoms with Crippen LogP contribution < -0.4 is 10.2 Å². The molecular formula is C19H18Cl2N2O3. The highest BCUT2D eigenvalue weighted by Crippen LogP contribution is 2.31. The summed E-state index contributed by atoms with van der Waals surface area (Å²) in [7, 11) is 1.32. The number of anilines is 2. The van der Waals surface area contributed by atoms with Crippen molar-refractivity contribution in [2.24, 2.45) is 0 Å². The third kappa shape index (κ3) is 3.94. The molecule has 0 atom stereocenters. The molecule has 2 aromatic carbocycles. The van der Waals surface area contributed by atoms with E-state index in [9.17, 15) is 9.59 Å². The summed E-state index contributed by atoms with van der Waals surface area (Å²) in [5.41, 5.74) is 2.04. The summed E-state index contributed by atoms with van der Waals surface area (Å²) in [4.78, 5) is 26.8. The molecule has 1 heterocycles. The average Bonchev–Trinajstić information content (AvgIpc) is 3.17. The highest BCUT2D eigenvalue weighted by atomic mass is 35.5. The van der Waals surface area contributed by atoms with Gasteiger partial charge in [-0.25, -0.2) is 4.79 Å². The highest BCUT2D eigenvalue weighted by molar-refractivity contribution is 6.36.